The number of rotatable bonds is 8. The number of nitrogens with one attached hydrogen (secondary N) is 1. The van der Waals surface area contributed by atoms with Gasteiger partial charge in [0.25, 0.3) is 0 Å². The van der Waals surface area contributed by atoms with Gasteiger partial charge < -0.3 is 10.1 Å². The summed E-state index contributed by atoms with van der Waals surface area (Å²) in [5.74, 6) is 1.52. The number of carbonyl (C=O) groups is 1. The number of benzene rings is 2. The van der Waals surface area contributed by atoms with E-state index in [1.807, 2.05) is 82.4 Å². The Morgan fingerprint density at radius 1 is 1.06 bits per heavy atom. The van der Waals surface area contributed by atoms with Gasteiger partial charge in [0.1, 0.15) is 5.75 Å². The molecule has 0 atom stereocenters. The van der Waals surface area contributed by atoms with Gasteiger partial charge in [-0.05, 0) is 48.4 Å². The van der Waals surface area contributed by atoms with Crippen molar-refractivity contribution >= 4 is 23.4 Å². The molecule has 0 aliphatic heterocycles. The topological polar surface area (TPSA) is 74.0 Å². The van der Waals surface area contributed by atoms with Crippen LogP contribution in [0.4, 0.5) is 5.69 Å². The third-order valence-electron chi connectivity index (χ3n) is 4.71. The number of anilines is 1. The third-order valence-corrected chi connectivity index (χ3v) is 5.63. The first-order chi connectivity index (χ1) is 15.2. The normalized spacial score (nSPS) is 10.8. The van der Waals surface area contributed by atoms with Crippen molar-refractivity contribution in [2.45, 2.75) is 18.5 Å². The molecule has 158 valence electrons. The summed E-state index contributed by atoms with van der Waals surface area (Å²) in [5.41, 5.74) is 2.85. The van der Waals surface area contributed by atoms with Crippen LogP contribution >= 0.6 is 11.8 Å². The molecule has 2 aromatic heterocycles. The molecule has 0 bridgehead atoms. The number of aryl methyl sites for hydroxylation is 1. The number of hydrogen-bond acceptors (Lipinski definition) is 5. The summed E-state index contributed by atoms with van der Waals surface area (Å²) in [7, 11) is 1.63. The number of hydrogen-bond donors (Lipinski definition) is 1. The molecular weight excluding hydrogens is 410 g/mol. The second kappa shape index (κ2) is 9.53. The fourth-order valence-corrected chi connectivity index (χ4v) is 3.89. The van der Waals surface area contributed by atoms with Gasteiger partial charge in [0.15, 0.2) is 5.82 Å². The van der Waals surface area contributed by atoms with Crippen LogP contribution in [0.1, 0.15) is 12.5 Å². The van der Waals surface area contributed by atoms with Crippen LogP contribution in [0.15, 0.2) is 78.2 Å². The van der Waals surface area contributed by atoms with Crippen molar-refractivity contribution in [1.82, 2.24) is 19.5 Å². The van der Waals surface area contributed by atoms with Crippen molar-refractivity contribution in [3.05, 3.63) is 78.6 Å². The molecule has 0 radical (unpaired) electrons. The monoisotopic (exact) mass is 433 g/mol. The Labute approximate surface area is 185 Å². The average Bonchev–Trinajstić information content (AvgIpc) is 3.47. The molecule has 0 fully saturated rings. The highest BCUT2D eigenvalue weighted by Gasteiger charge is 2.17. The smallest absolute Gasteiger partial charge is 0.234 e. The standard InChI is InChI=1S/C23H23N5O2S/c1-3-17-8-6-10-19(14-17)24-21(29)16-31-23-26-25-22(28(23)27-12-4-5-13-27)18-9-7-11-20(15-18)30-2/h4-15H,3,16H2,1-2H3,(H,24,29). The van der Waals surface area contributed by atoms with E-state index in [2.05, 4.69) is 22.4 Å². The van der Waals surface area contributed by atoms with Crippen molar-refractivity contribution in [3.8, 4) is 17.1 Å². The van der Waals surface area contributed by atoms with Gasteiger partial charge in [-0.3, -0.25) is 9.47 Å². The maximum absolute atomic E-state index is 12.5. The van der Waals surface area contributed by atoms with Gasteiger partial charge >= 0.3 is 0 Å². The molecule has 0 saturated heterocycles. The van der Waals surface area contributed by atoms with Crippen LogP contribution in [0.25, 0.3) is 11.4 Å². The van der Waals surface area contributed by atoms with E-state index in [0.717, 1.165) is 23.4 Å². The van der Waals surface area contributed by atoms with Crippen molar-refractivity contribution in [2.24, 2.45) is 0 Å². The minimum Gasteiger partial charge on any atom is -0.497 e. The largest absolute Gasteiger partial charge is 0.497 e. The molecule has 1 amide bonds. The summed E-state index contributed by atoms with van der Waals surface area (Å²) in [5, 5.41) is 12.3. The number of nitrogens with zero attached hydrogens (tertiary/aromatic N) is 4. The first-order valence-electron chi connectivity index (χ1n) is 9.93. The highest BCUT2D eigenvalue weighted by molar-refractivity contribution is 7.99. The van der Waals surface area contributed by atoms with Crippen molar-refractivity contribution in [1.29, 1.82) is 0 Å². The van der Waals surface area contributed by atoms with E-state index in [4.69, 9.17) is 4.74 Å². The zero-order valence-corrected chi connectivity index (χ0v) is 18.2. The Morgan fingerprint density at radius 2 is 1.87 bits per heavy atom. The molecule has 0 unspecified atom stereocenters. The lowest BCUT2D eigenvalue weighted by Crippen LogP contribution is -2.16. The van der Waals surface area contributed by atoms with E-state index in [0.29, 0.717) is 11.0 Å². The zero-order valence-electron chi connectivity index (χ0n) is 17.4. The molecule has 0 aliphatic rings. The van der Waals surface area contributed by atoms with Gasteiger partial charge in [0.2, 0.25) is 11.1 Å². The minimum atomic E-state index is -0.0942. The summed E-state index contributed by atoms with van der Waals surface area (Å²) in [6.45, 7) is 2.09. The van der Waals surface area contributed by atoms with Gasteiger partial charge in [-0.15, -0.1) is 10.2 Å². The molecule has 1 N–H and O–H groups in total. The lowest BCUT2D eigenvalue weighted by Gasteiger charge is -2.12. The predicted molar refractivity (Wildman–Crippen MR) is 122 cm³/mol. The number of amides is 1. The lowest BCUT2D eigenvalue weighted by atomic mass is 10.1. The molecule has 4 rings (SSSR count). The van der Waals surface area contributed by atoms with Crippen molar-refractivity contribution < 1.29 is 9.53 Å². The fraction of sp³-hybridized carbons (Fsp3) is 0.174. The van der Waals surface area contributed by atoms with Gasteiger partial charge in [-0.1, -0.05) is 43.0 Å². The molecule has 8 heteroatoms. The molecule has 0 saturated carbocycles. The SMILES string of the molecule is CCc1cccc(NC(=O)CSc2nnc(-c3cccc(OC)c3)n2-n2cccc2)c1. The van der Waals surface area contributed by atoms with Gasteiger partial charge in [-0.2, -0.15) is 0 Å². The first kappa shape index (κ1) is 20.7. The Bertz CT molecular complexity index is 1170. The van der Waals surface area contributed by atoms with E-state index in [-0.39, 0.29) is 11.7 Å². The number of ether oxygens (including phenoxy) is 1. The van der Waals surface area contributed by atoms with Gasteiger partial charge in [0, 0.05) is 23.6 Å². The Balaban J connectivity index is 1.55. The van der Waals surface area contributed by atoms with Crippen LogP contribution in [0.5, 0.6) is 5.75 Å². The van der Waals surface area contributed by atoms with E-state index in [1.54, 1.807) is 7.11 Å². The quantitative estimate of drug-likeness (QED) is 0.418. The predicted octanol–water partition coefficient (Wildman–Crippen LogP) is 4.36. The van der Waals surface area contributed by atoms with E-state index < -0.39 is 0 Å². The maximum atomic E-state index is 12.5. The lowest BCUT2D eigenvalue weighted by molar-refractivity contribution is -0.113. The Morgan fingerprint density at radius 3 is 2.65 bits per heavy atom. The minimum absolute atomic E-state index is 0.0942. The third kappa shape index (κ3) is 4.80. The zero-order chi connectivity index (χ0) is 21.6. The number of aromatic nitrogens is 4. The van der Waals surface area contributed by atoms with Crippen LogP contribution in [0.2, 0.25) is 0 Å². The van der Waals surface area contributed by atoms with Gasteiger partial charge in [-0.25, -0.2) is 4.68 Å². The van der Waals surface area contributed by atoms with Crippen LogP contribution < -0.4 is 10.1 Å². The highest BCUT2D eigenvalue weighted by atomic mass is 32.2. The molecule has 2 aromatic carbocycles. The van der Waals surface area contributed by atoms with Crippen LogP contribution in [-0.4, -0.2) is 38.3 Å². The summed E-state index contributed by atoms with van der Waals surface area (Å²) in [6.07, 6.45) is 4.74. The Kier molecular flexibility index (Phi) is 6.37. The second-order valence-electron chi connectivity index (χ2n) is 6.80. The Hall–Kier alpha value is -3.52. The van der Waals surface area contributed by atoms with E-state index in [1.165, 1.54) is 17.3 Å². The number of methoxy groups -OCH3 is 1. The van der Waals surface area contributed by atoms with Crippen LogP contribution in [0.3, 0.4) is 0 Å². The second-order valence-corrected chi connectivity index (χ2v) is 7.75. The van der Waals surface area contributed by atoms with E-state index >= 15 is 0 Å². The number of thioether (sulfide) groups is 1. The molecule has 7 nitrogen and oxygen atoms in total. The van der Waals surface area contributed by atoms with Crippen LogP contribution in [0, 0.1) is 0 Å². The summed E-state index contributed by atoms with van der Waals surface area (Å²) < 4.78 is 9.11. The molecule has 31 heavy (non-hydrogen) atoms. The first-order valence-corrected chi connectivity index (χ1v) is 10.9. The van der Waals surface area contributed by atoms with E-state index in [9.17, 15) is 4.79 Å². The van der Waals surface area contributed by atoms with Crippen molar-refractivity contribution in [3.63, 3.8) is 0 Å². The molecule has 0 aliphatic carbocycles. The molecular formula is C23H23N5O2S. The van der Waals surface area contributed by atoms with Gasteiger partial charge in [0.05, 0.1) is 12.9 Å². The molecule has 2 heterocycles. The summed E-state index contributed by atoms with van der Waals surface area (Å²) in [6, 6.07) is 19.4. The summed E-state index contributed by atoms with van der Waals surface area (Å²) in [4.78, 5) is 12.5. The number of carbonyl (C=O) groups excluding carboxylic acids is 1. The van der Waals surface area contributed by atoms with Crippen LogP contribution in [-0.2, 0) is 11.2 Å². The maximum Gasteiger partial charge on any atom is 0.234 e. The molecule has 4 aromatic rings. The molecule has 0 spiro atoms. The highest BCUT2D eigenvalue weighted by Crippen LogP contribution is 2.27. The average molecular weight is 434 g/mol. The summed E-state index contributed by atoms with van der Waals surface area (Å²) >= 11 is 1.33. The van der Waals surface area contributed by atoms with Crippen molar-refractivity contribution in [2.75, 3.05) is 18.2 Å². The fourth-order valence-electron chi connectivity index (χ4n) is 3.16.